The van der Waals surface area contributed by atoms with Gasteiger partial charge in [-0.25, -0.2) is 4.68 Å². The smallest absolute Gasteiger partial charge is 0.243 e. The van der Waals surface area contributed by atoms with E-state index in [1.165, 1.54) is 4.68 Å². The number of rotatable bonds is 5. The molecular formula is C12H13Cl3N4O2. The number of alkyl halides is 3. The van der Waals surface area contributed by atoms with Crippen LogP contribution in [0.1, 0.15) is 6.92 Å². The molecule has 0 aliphatic heterocycles. The molecule has 0 bridgehead atoms. The van der Waals surface area contributed by atoms with Crippen molar-refractivity contribution in [1.82, 2.24) is 20.3 Å². The summed E-state index contributed by atoms with van der Waals surface area (Å²) in [7, 11) is 0. The highest BCUT2D eigenvalue weighted by molar-refractivity contribution is 6.68. The molecule has 0 radical (unpaired) electrons. The Morgan fingerprint density at radius 1 is 1.43 bits per heavy atom. The summed E-state index contributed by atoms with van der Waals surface area (Å²) in [5, 5.41) is 10.4. The van der Waals surface area contributed by atoms with E-state index in [4.69, 9.17) is 39.5 Å². The van der Waals surface area contributed by atoms with Gasteiger partial charge in [-0.3, -0.25) is 4.79 Å². The third-order valence-corrected chi connectivity index (χ3v) is 3.23. The zero-order chi connectivity index (χ0) is 15.5. The minimum Gasteiger partial charge on any atom is -0.354 e. The number of para-hydroxylation sites is 1. The number of amides is 1. The first kappa shape index (κ1) is 16.3. The quantitative estimate of drug-likeness (QED) is 0.663. The van der Waals surface area contributed by atoms with E-state index in [2.05, 4.69) is 15.6 Å². The lowest BCUT2D eigenvalue weighted by atomic mass is 10.3. The van der Waals surface area contributed by atoms with Gasteiger partial charge < -0.3 is 10.1 Å². The van der Waals surface area contributed by atoms with E-state index in [1.807, 2.05) is 18.2 Å². The second-order valence-corrected chi connectivity index (χ2v) is 6.55. The molecule has 0 aliphatic carbocycles. The molecule has 0 unspecified atom stereocenters. The molecule has 1 atom stereocenters. The van der Waals surface area contributed by atoms with Crippen molar-refractivity contribution < 1.29 is 9.53 Å². The summed E-state index contributed by atoms with van der Waals surface area (Å²) >= 11 is 17.3. The minimum absolute atomic E-state index is 0.0508. The zero-order valence-corrected chi connectivity index (χ0v) is 13.4. The van der Waals surface area contributed by atoms with Gasteiger partial charge in [0.05, 0.1) is 5.52 Å². The Balaban J connectivity index is 2.07. The SMILES string of the molecule is CCO[C@@H](NC(=O)Cn1nnc2ccccc21)C(Cl)(Cl)Cl. The average Bonchev–Trinajstić information content (AvgIpc) is 2.81. The van der Waals surface area contributed by atoms with Crippen molar-refractivity contribution in [3.63, 3.8) is 0 Å². The molecule has 0 saturated heterocycles. The van der Waals surface area contributed by atoms with Crippen LogP contribution in [0.3, 0.4) is 0 Å². The van der Waals surface area contributed by atoms with Gasteiger partial charge in [0, 0.05) is 6.61 Å². The van der Waals surface area contributed by atoms with E-state index in [9.17, 15) is 4.79 Å². The summed E-state index contributed by atoms with van der Waals surface area (Å²) in [5.41, 5.74) is 1.45. The van der Waals surface area contributed by atoms with Crippen LogP contribution in [0.25, 0.3) is 11.0 Å². The number of carbonyl (C=O) groups excluding carboxylic acids is 1. The van der Waals surface area contributed by atoms with E-state index in [1.54, 1.807) is 13.0 Å². The Kier molecular flexibility index (Phi) is 5.27. The van der Waals surface area contributed by atoms with Crippen LogP contribution in [-0.4, -0.2) is 37.5 Å². The Labute approximate surface area is 136 Å². The van der Waals surface area contributed by atoms with Crippen LogP contribution < -0.4 is 5.32 Å². The Morgan fingerprint density at radius 3 is 2.81 bits per heavy atom. The normalized spacial score (nSPS) is 13.3. The lowest BCUT2D eigenvalue weighted by Crippen LogP contribution is -2.46. The van der Waals surface area contributed by atoms with Gasteiger partial charge in [0.1, 0.15) is 12.1 Å². The van der Waals surface area contributed by atoms with E-state index in [-0.39, 0.29) is 6.54 Å². The van der Waals surface area contributed by atoms with Gasteiger partial charge in [-0.2, -0.15) is 0 Å². The number of aromatic nitrogens is 3. The first-order valence-electron chi connectivity index (χ1n) is 6.17. The van der Waals surface area contributed by atoms with E-state index in [0.717, 1.165) is 5.52 Å². The van der Waals surface area contributed by atoms with Crippen molar-refractivity contribution in [2.75, 3.05) is 6.61 Å². The lowest BCUT2D eigenvalue weighted by Gasteiger charge is -2.25. The summed E-state index contributed by atoms with van der Waals surface area (Å²) in [6, 6.07) is 7.30. The number of fused-ring (bicyclic) bond motifs is 1. The summed E-state index contributed by atoms with van der Waals surface area (Å²) in [6.45, 7) is 1.98. The number of nitrogens with zero attached hydrogens (tertiary/aromatic N) is 3. The molecule has 2 aromatic rings. The maximum Gasteiger partial charge on any atom is 0.243 e. The molecule has 21 heavy (non-hydrogen) atoms. The molecule has 0 aliphatic rings. The number of carbonyl (C=O) groups is 1. The fraction of sp³-hybridized carbons (Fsp3) is 0.417. The molecule has 1 amide bonds. The molecule has 1 aromatic heterocycles. The number of hydrogen-bond donors (Lipinski definition) is 1. The molecule has 0 fully saturated rings. The third kappa shape index (κ3) is 4.20. The second-order valence-electron chi connectivity index (χ2n) is 4.18. The standard InChI is InChI=1S/C12H13Cl3N4O2/c1-2-21-11(12(13,14)15)16-10(20)7-19-9-6-4-3-5-8(9)17-18-19/h3-6,11H,2,7H2,1H3,(H,16,20)/t11-/m1/s1. The largest absolute Gasteiger partial charge is 0.354 e. The molecule has 0 spiro atoms. The molecule has 9 heteroatoms. The van der Waals surface area contributed by atoms with Crippen LogP contribution in [0, 0.1) is 0 Å². The van der Waals surface area contributed by atoms with Crippen molar-refractivity contribution in [2.24, 2.45) is 0 Å². The van der Waals surface area contributed by atoms with Crippen LogP contribution in [0.4, 0.5) is 0 Å². The van der Waals surface area contributed by atoms with Gasteiger partial charge >= 0.3 is 0 Å². The molecular weight excluding hydrogens is 339 g/mol. The molecule has 1 N–H and O–H groups in total. The van der Waals surface area contributed by atoms with E-state index in [0.29, 0.717) is 12.1 Å². The van der Waals surface area contributed by atoms with Crippen molar-refractivity contribution in [1.29, 1.82) is 0 Å². The van der Waals surface area contributed by atoms with Gasteiger partial charge in [0.2, 0.25) is 9.70 Å². The zero-order valence-electron chi connectivity index (χ0n) is 11.1. The summed E-state index contributed by atoms with van der Waals surface area (Å²) in [5.74, 6) is -0.393. The van der Waals surface area contributed by atoms with Crippen molar-refractivity contribution >= 4 is 51.7 Å². The van der Waals surface area contributed by atoms with E-state index < -0.39 is 15.9 Å². The number of benzene rings is 1. The second kappa shape index (κ2) is 6.79. The van der Waals surface area contributed by atoms with Crippen LogP contribution in [0.5, 0.6) is 0 Å². The number of hydrogen-bond acceptors (Lipinski definition) is 4. The van der Waals surface area contributed by atoms with Crippen molar-refractivity contribution in [3.8, 4) is 0 Å². The third-order valence-electron chi connectivity index (χ3n) is 2.64. The highest BCUT2D eigenvalue weighted by atomic mass is 35.6. The fourth-order valence-electron chi connectivity index (χ4n) is 1.75. The van der Waals surface area contributed by atoms with Gasteiger partial charge in [0.15, 0.2) is 6.23 Å². The Hall–Kier alpha value is -1.08. The Morgan fingerprint density at radius 2 is 2.14 bits per heavy atom. The first-order chi connectivity index (χ1) is 9.91. The summed E-state index contributed by atoms with van der Waals surface area (Å²) in [4.78, 5) is 12.0. The lowest BCUT2D eigenvalue weighted by molar-refractivity contribution is -0.126. The molecule has 0 saturated carbocycles. The van der Waals surface area contributed by atoms with Crippen LogP contribution in [0.2, 0.25) is 0 Å². The predicted octanol–water partition coefficient (Wildman–Crippen LogP) is 2.28. The summed E-state index contributed by atoms with van der Waals surface area (Å²) in [6.07, 6.45) is -1.03. The van der Waals surface area contributed by atoms with E-state index >= 15 is 0 Å². The molecule has 114 valence electrons. The van der Waals surface area contributed by atoms with Gasteiger partial charge in [-0.15, -0.1) is 5.10 Å². The monoisotopic (exact) mass is 350 g/mol. The highest BCUT2D eigenvalue weighted by Crippen LogP contribution is 2.30. The maximum absolute atomic E-state index is 12.0. The predicted molar refractivity (Wildman–Crippen MR) is 81.4 cm³/mol. The molecule has 1 heterocycles. The molecule has 6 nitrogen and oxygen atoms in total. The van der Waals surface area contributed by atoms with Gasteiger partial charge in [-0.1, -0.05) is 52.1 Å². The Bertz CT molecular complexity index is 626. The van der Waals surface area contributed by atoms with Gasteiger partial charge in [0.25, 0.3) is 0 Å². The number of ether oxygens (including phenoxy) is 1. The topological polar surface area (TPSA) is 69.0 Å². The van der Waals surface area contributed by atoms with Crippen molar-refractivity contribution in [2.45, 2.75) is 23.5 Å². The van der Waals surface area contributed by atoms with Crippen LogP contribution in [-0.2, 0) is 16.1 Å². The average molecular weight is 352 g/mol. The highest BCUT2D eigenvalue weighted by Gasteiger charge is 2.34. The van der Waals surface area contributed by atoms with Crippen molar-refractivity contribution in [3.05, 3.63) is 24.3 Å². The molecule has 2 rings (SSSR count). The van der Waals surface area contributed by atoms with Crippen LogP contribution in [0.15, 0.2) is 24.3 Å². The number of halogens is 3. The minimum atomic E-state index is -1.75. The van der Waals surface area contributed by atoms with Crippen LogP contribution >= 0.6 is 34.8 Å². The maximum atomic E-state index is 12.0. The number of nitrogens with one attached hydrogen (secondary N) is 1. The fourth-order valence-corrected chi connectivity index (χ4v) is 2.10. The molecule has 1 aromatic carbocycles. The van der Waals surface area contributed by atoms with Gasteiger partial charge in [-0.05, 0) is 19.1 Å². The first-order valence-corrected chi connectivity index (χ1v) is 7.31. The summed E-state index contributed by atoms with van der Waals surface area (Å²) < 4.78 is 4.92.